The topological polar surface area (TPSA) is 12.4 Å². The first-order valence-corrected chi connectivity index (χ1v) is 5.28. The van der Waals surface area contributed by atoms with Gasteiger partial charge in [-0.15, -0.1) is 0 Å². The second kappa shape index (κ2) is 4.01. The molecule has 2 aromatic carbocycles. The molecule has 0 spiro atoms. The molecule has 0 radical (unpaired) electrons. The molecule has 0 N–H and O–H groups in total. The highest BCUT2D eigenvalue weighted by atomic mass is 79.9. The quantitative estimate of drug-likeness (QED) is 0.551. The van der Waals surface area contributed by atoms with Crippen LogP contribution in [0.4, 0.5) is 5.69 Å². The number of nitrogens with zero attached hydrogens (tertiary/aromatic N) is 1. The third-order valence-corrected chi connectivity index (χ3v) is 2.93. The van der Waals surface area contributed by atoms with E-state index >= 15 is 0 Å². The second-order valence-corrected chi connectivity index (χ2v) is 3.80. The molecule has 1 nitrogen and oxygen atoms in total. The lowest BCUT2D eigenvalue weighted by molar-refractivity contribution is 1.55. The van der Waals surface area contributed by atoms with E-state index in [1.54, 1.807) is 0 Å². The van der Waals surface area contributed by atoms with Gasteiger partial charge in [0, 0.05) is 0 Å². The Hall–Kier alpha value is -1.02. The largest absolute Gasteiger partial charge is 0.194 e. The Morgan fingerprint density at radius 2 is 1.93 bits per heavy atom. The molecular weight excluding hydrogens is 258 g/mol. The van der Waals surface area contributed by atoms with Gasteiger partial charge in [-0.1, -0.05) is 30.3 Å². The van der Waals surface area contributed by atoms with E-state index in [1.807, 2.05) is 30.3 Å². The molecule has 0 aliphatic rings. The molecule has 2 rings (SSSR count). The van der Waals surface area contributed by atoms with Gasteiger partial charge >= 0.3 is 0 Å². The number of hydrogen-bond acceptors (Lipinski definition) is 2. The van der Waals surface area contributed by atoms with E-state index in [-0.39, 0.29) is 0 Å². The number of thiocarbonyl (C=S) groups is 1. The summed E-state index contributed by atoms with van der Waals surface area (Å²) < 4.78 is 0.966. The predicted molar refractivity (Wildman–Crippen MR) is 66.3 cm³/mol. The molecule has 0 aliphatic heterocycles. The molecular formula is C11H6BrNS. The average Bonchev–Trinajstić information content (AvgIpc) is 2.23. The highest BCUT2D eigenvalue weighted by Gasteiger charge is 2.02. The molecule has 0 bridgehead atoms. The highest BCUT2D eigenvalue weighted by Crippen LogP contribution is 2.32. The van der Waals surface area contributed by atoms with Gasteiger partial charge in [0.2, 0.25) is 0 Å². The average molecular weight is 264 g/mol. The van der Waals surface area contributed by atoms with Crippen LogP contribution in [0.5, 0.6) is 0 Å². The first-order chi connectivity index (χ1) is 6.83. The standard InChI is InChI=1S/C11H6BrNS/c12-11-9-4-2-1-3-8(9)5-6-10(11)13-7-14/h1-6H. The van der Waals surface area contributed by atoms with E-state index in [4.69, 9.17) is 0 Å². The van der Waals surface area contributed by atoms with Crippen molar-refractivity contribution in [2.24, 2.45) is 4.99 Å². The third-order valence-electron chi connectivity index (χ3n) is 2.01. The Labute approximate surface area is 95.6 Å². The van der Waals surface area contributed by atoms with Gasteiger partial charge in [0.1, 0.15) is 0 Å². The molecule has 0 unspecified atom stereocenters. The van der Waals surface area contributed by atoms with Crippen LogP contribution in [0.1, 0.15) is 0 Å². The molecule has 68 valence electrons. The van der Waals surface area contributed by atoms with Gasteiger partial charge < -0.3 is 0 Å². The Kier molecular flexibility index (Phi) is 2.73. The molecule has 3 heteroatoms. The van der Waals surface area contributed by atoms with Crippen LogP contribution in [0.25, 0.3) is 10.8 Å². The fourth-order valence-corrected chi connectivity index (χ4v) is 2.04. The summed E-state index contributed by atoms with van der Waals surface area (Å²) in [6, 6.07) is 12.1. The van der Waals surface area contributed by atoms with Crippen molar-refractivity contribution in [1.29, 1.82) is 0 Å². The van der Waals surface area contributed by atoms with Gasteiger partial charge in [0.15, 0.2) is 0 Å². The van der Waals surface area contributed by atoms with Gasteiger partial charge in [-0.2, -0.15) is 4.99 Å². The van der Waals surface area contributed by atoms with Gasteiger partial charge in [-0.05, 0) is 45.0 Å². The zero-order valence-electron chi connectivity index (χ0n) is 7.20. The van der Waals surface area contributed by atoms with Crippen LogP contribution in [-0.2, 0) is 0 Å². The van der Waals surface area contributed by atoms with Crippen LogP contribution in [0, 0.1) is 0 Å². The minimum absolute atomic E-state index is 0.818. The van der Waals surface area contributed by atoms with Crippen molar-refractivity contribution in [3.8, 4) is 0 Å². The van der Waals surface area contributed by atoms with Crippen molar-refractivity contribution in [1.82, 2.24) is 0 Å². The van der Waals surface area contributed by atoms with E-state index < -0.39 is 0 Å². The maximum Gasteiger partial charge on any atom is 0.0887 e. The lowest BCUT2D eigenvalue weighted by Crippen LogP contribution is -1.74. The van der Waals surface area contributed by atoms with Crippen molar-refractivity contribution in [2.45, 2.75) is 0 Å². The van der Waals surface area contributed by atoms with E-state index in [9.17, 15) is 0 Å². The van der Waals surface area contributed by atoms with Crippen molar-refractivity contribution < 1.29 is 0 Å². The molecule has 2 aromatic rings. The molecule has 0 aliphatic carbocycles. The number of rotatable bonds is 1. The monoisotopic (exact) mass is 263 g/mol. The first kappa shape index (κ1) is 9.53. The fraction of sp³-hybridized carbons (Fsp3) is 0. The Balaban J connectivity index is 2.81. The second-order valence-electron chi connectivity index (χ2n) is 2.82. The predicted octanol–water partition coefficient (Wildman–Crippen LogP) is 4.34. The fourth-order valence-electron chi connectivity index (χ4n) is 1.36. The number of hydrogen-bond donors (Lipinski definition) is 0. The van der Waals surface area contributed by atoms with Crippen LogP contribution in [-0.4, -0.2) is 5.16 Å². The van der Waals surface area contributed by atoms with Crippen molar-refractivity contribution in [3.63, 3.8) is 0 Å². The summed E-state index contributed by atoms with van der Waals surface area (Å²) in [7, 11) is 0. The summed E-state index contributed by atoms with van der Waals surface area (Å²) in [6.07, 6.45) is 0. The summed E-state index contributed by atoms with van der Waals surface area (Å²) in [5.41, 5.74) is 0.818. The minimum atomic E-state index is 0.818. The molecule has 0 amide bonds. The number of halogens is 1. The SMILES string of the molecule is S=C=Nc1ccc2ccccc2c1Br. The zero-order chi connectivity index (χ0) is 9.97. The number of aliphatic imine (C=N–C) groups is 1. The van der Waals surface area contributed by atoms with Crippen molar-refractivity contribution in [3.05, 3.63) is 40.9 Å². The minimum Gasteiger partial charge on any atom is -0.194 e. The first-order valence-electron chi connectivity index (χ1n) is 4.08. The maximum absolute atomic E-state index is 4.58. The summed E-state index contributed by atoms with van der Waals surface area (Å²) in [4.78, 5) is 3.97. The number of fused-ring (bicyclic) bond motifs is 1. The van der Waals surface area contributed by atoms with Crippen molar-refractivity contribution >= 4 is 49.8 Å². The van der Waals surface area contributed by atoms with Crippen LogP contribution in [0.3, 0.4) is 0 Å². The molecule has 0 heterocycles. The van der Waals surface area contributed by atoms with Crippen LogP contribution >= 0.6 is 28.1 Å². The molecule has 0 saturated heterocycles. The van der Waals surface area contributed by atoms with E-state index in [1.165, 1.54) is 5.39 Å². The summed E-state index contributed by atoms with van der Waals surface area (Å²) in [5.74, 6) is 0. The zero-order valence-corrected chi connectivity index (χ0v) is 9.60. The molecule has 0 fully saturated rings. The summed E-state index contributed by atoms with van der Waals surface area (Å²) in [6.45, 7) is 0. The van der Waals surface area contributed by atoms with Crippen LogP contribution < -0.4 is 0 Å². The Morgan fingerprint density at radius 1 is 1.14 bits per heavy atom. The van der Waals surface area contributed by atoms with Gasteiger partial charge in [-0.3, -0.25) is 0 Å². The van der Waals surface area contributed by atoms with Crippen LogP contribution in [0.2, 0.25) is 0 Å². The number of benzene rings is 2. The van der Waals surface area contributed by atoms with E-state index in [0.717, 1.165) is 15.5 Å². The smallest absolute Gasteiger partial charge is 0.0887 e. The number of isothiocyanates is 1. The van der Waals surface area contributed by atoms with Gasteiger partial charge in [-0.25, -0.2) is 0 Å². The molecule has 0 aromatic heterocycles. The van der Waals surface area contributed by atoms with Gasteiger partial charge in [0.25, 0.3) is 0 Å². The van der Waals surface area contributed by atoms with E-state index in [0.29, 0.717) is 0 Å². The molecule has 0 saturated carbocycles. The molecule has 14 heavy (non-hydrogen) atoms. The normalized spacial score (nSPS) is 9.79. The third kappa shape index (κ3) is 1.62. The Bertz CT molecular complexity index is 530. The molecule has 0 atom stereocenters. The van der Waals surface area contributed by atoms with Crippen LogP contribution in [0.15, 0.2) is 45.9 Å². The Morgan fingerprint density at radius 3 is 2.71 bits per heavy atom. The summed E-state index contributed by atoms with van der Waals surface area (Å²) in [5, 5.41) is 4.69. The summed E-state index contributed by atoms with van der Waals surface area (Å²) >= 11 is 8.08. The van der Waals surface area contributed by atoms with Crippen molar-refractivity contribution in [2.75, 3.05) is 0 Å². The lowest BCUT2D eigenvalue weighted by Gasteiger charge is -2.02. The highest BCUT2D eigenvalue weighted by molar-refractivity contribution is 9.10. The van der Waals surface area contributed by atoms with Gasteiger partial charge in [0.05, 0.1) is 15.3 Å². The van der Waals surface area contributed by atoms with E-state index in [2.05, 4.69) is 44.4 Å². The lowest BCUT2D eigenvalue weighted by atomic mass is 10.1. The maximum atomic E-state index is 4.58.